The smallest absolute Gasteiger partial charge is 0.741 e. The van der Waals surface area contributed by atoms with Crippen molar-refractivity contribution in [3.05, 3.63) is 121 Å². The number of benzene rings is 3. The maximum Gasteiger partial charge on any atom is 2.00 e. The Labute approximate surface area is 263 Å². The Morgan fingerprint density at radius 2 is 1.17 bits per heavy atom. The Hall–Kier alpha value is -3.52. The second kappa shape index (κ2) is 16.1. The van der Waals surface area contributed by atoms with E-state index in [0.717, 1.165) is 0 Å². The van der Waals surface area contributed by atoms with Gasteiger partial charge in [0.05, 0.1) is 11.4 Å². The largest absolute Gasteiger partial charge is 2.00 e. The van der Waals surface area contributed by atoms with Gasteiger partial charge in [-0.05, 0) is 60.6 Å². The van der Waals surface area contributed by atoms with E-state index >= 15 is 0 Å². The van der Waals surface area contributed by atoms with E-state index in [0.29, 0.717) is 23.4 Å². The van der Waals surface area contributed by atoms with Gasteiger partial charge < -0.3 is 35.9 Å². The number of amidine groups is 2. The van der Waals surface area contributed by atoms with E-state index in [4.69, 9.17) is 25.3 Å². The van der Waals surface area contributed by atoms with Crippen molar-refractivity contribution in [3.8, 4) is 0 Å². The SMILES string of the molecule is CN/C([S-])=N/N=C(/C(C)=N/N=C(\[S-])NC[P+](c1ccccc1)(c1ccccc1)c1ccccc1)c1ccccn1.[Cu+2]. The van der Waals surface area contributed by atoms with E-state index in [1.807, 2.05) is 36.4 Å². The second-order valence-corrected chi connectivity index (χ2v) is 12.8. The Kier molecular flexibility index (Phi) is 12.5. The van der Waals surface area contributed by atoms with Gasteiger partial charge >= 0.3 is 17.1 Å². The van der Waals surface area contributed by atoms with E-state index in [1.165, 1.54) is 15.9 Å². The van der Waals surface area contributed by atoms with Crippen molar-refractivity contribution in [2.24, 2.45) is 20.4 Å². The summed E-state index contributed by atoms with van der Waals surface area (Å²) in [5.74, 6) is 0. The van der Waals surface area contributed by atoms with Crippen LogP contribution in [0.15, 0.2) is 136 Å². The molecule has 1 aromatic heterocycles. The molecule has 0 unspecified atom stereocenters. The van der Waals surface area contributed by atoms with Crippen LogP contribution in [0.4, 0.5) is 0 Å². The molecule has 0 aliphatic rings. The molecule has 0 bridgehead atoms. The minimum Gasteiger partial charge on any atom is -0.741 e. The van der Waals surface area contributed by atoms with Crippen molar-refractivity contribution in [1.29, 1.82) is 0 Å². The number of rotatable bonds is 9. The van der Waals surface area contributed by atoms with Gasteiger partial charge in [-0.2, -0.15) is 15.3 Å². The maximum absolute atomic E-state index is 5.64. The molecule has 211 valence electrons. The van der Waals surface area contributed by atoms with Crippen LogP contribution >= 0.6 is 7.26 Å². The zero-order valence-corrected chi connectivity index (χ0v) is 25.9. The number of nitrogens with zero attached hydrogens (tertiary/aromatic N) is 5. The van der Waals surface area contributed by atoms with Gasteiger partial charge in [0, 0.05) is 18.4 Å². The van der Waals surface area contributed by atoms with Crippen molar-refractivity contribution in [2.45, 2.75) is 6.92 Å². The monoisotopic (exact) mass is 645 g/mol. The van der Waals surface area contributed by atoms with Crippen LogP contribution in [0.3, 0.4) is 0 Å². The molecule has 0 amide bonds. The summed E-state index contributed by atoms with van der Waals surface area (Å²) in [7, 11) is -0.438. The van der Waals surface area contributed by atoms with Gasteiger partial charge in [0.25, 0.3) is 0 Å². The van der Waals surface area contributed by atoms with Crippen LogP contribution < -0.4 is 26.5 Å². The topological polar surface area (TPSA) is 86.4 Å². The molecule has 0 aliphatic heterocycles. The molecule has 0 fully saturated rings. The van der Waals surface area contributed by atoms with Crippen molar-refractivity contribution < 1.29 is 17.1 Å². The van der Waals surface area contributed by atoms with E-state index in [-0.39, 0.29) is 27.4 Å². The van der Waals surface area contributed by atoms with Gasteiger partial charge in [-0.25, -0.2) is 0 Å². The Morgan fingerprint density at radius 3 is 1.63 bits per heavy atom. The summed E-state index contributed by atoms with van der Waals surface area (Å²) in [6, 6.07) is 37.2. The van der Waals surface area contributed by atoms with Crippen LogP contribution in [-0.2, 0) is 42.3 Å². The Balaban J connectivity index is 0.00000462. The first kappa shape index (κ1) is 32.0. The van der Waals surface area contributed by atoms with Crippen molar-refractivity contribution >= 4 is 70.2 Å². The zero-order valence-electron chi connectivity index (χ0n) is 22.5. The first-order chi connectivity index (χ1) is 19.5. The van der Waals surface area contributed by atoms with E-state index < -0.39 is 7.26 Å². The third-order valence-corrected chi connectivity index (χ3v) is 10.7. The molecule has 4 rings (SSSR count). The van der Waals surface area contributed by atoms with Crippen LogP contribution in [0.1, 0.15) is 12.6 Å². The average Bonchev–Trinajstić information content (AvgIpc) is 3.02. The summed E-state index contributed by atoms with van der Waals surface area (Å²) < 4.78 is 0. The standard InChI is InChI=1S/C30H30N7PS2.Cu/c1-23(28(35-36-29(39)31-2)27-20-12-13-21-32-27)34-37-30(40)33-22-38(24-14-6-3-7-15-24,25-16-8-4-9-17-25)26-18-10-5-11-19-26;/h3-21H,22H2,1-2H3,(H3-,31,32,33,34,35,36,37,39,40);/q;+2/p-1. The molecule has 1 heterocycles. The van der Waals surface area contributed by atoms with Gasteiger partial charge in [-0.1, -0.05) is 60.7 Å². The fourth-order valence-corrected chi connectivity index (χ4v) is 8.25. The molecule has 3 aromatic carbocycles. The third kappa shape index (κ3) is 8.26. The average molecular weight is 646 g/mol. The summed E-state index contributed by atoms with van der Waals surface area (Å²) in [6.07, 6.45) is 2.26. The Bertz CT molecular complexity index is 1400. The van der Waals surface area contributed by atoms with Gasteiger partial charge in [-0.15, -0.1) is 5.10 Å². The quantitative estimate of drug-likeness (QED) is 0.0724. The maximum atomic E-state index is 5.64. The Morgan fingerprint density at radius 1 is 0.683 bits per heavy atom. The van der Waals surface area contributed by atoms with Crippen LogP contribution in [0.25, 0.3) is 0 Å². The molecule has 41 heavy (non-hydrogen) atoms. The molecular formula is C30H29CuN7PS2+. The summed E-state index contributed by atoms with van der Waals surface area (Å²) in [6.45, 7) is 1.78. The first-order valence-electron chi connectivity index (χ1n) is 12.5. The van der Waals surface area contributed by atoms with Crippen LogP contribution in [0.5, 0.6) is 0 Å². The summed E-state index contributed by atoms with van der Waals surface area (Å²) in [5, 5.41) is 27.5. The van der Waals surface area contributed by atoms with Gasteiger partial charge in [-0.3, -0.25) is 4.98 Å². The predicted molar refractivity (Wildman–Crippen MR) is 176 cm³/mol. The summed E-state index contributed by atoms with van der Waals surface area (Å²) in [5.41, 5.74) is 1.55. The minimum absolute atomic E-state index is 0. The molecule has 11 heteroatoms. The van der Waals surface area contributed by atoms with E-state index in [9.17, 15) is 0 Å². The molecule has 0 atom stereocenters. The summed E-state index contributed by atoms with van der Waals surface area (Å²) in [4.78, 5) is 4.38. The number of aromatic nitrogens is 1. The predicted octanol–water partition coefficient (Wildman–Crippen LogP) is 3.73. The van der Waals surface area contributed by atoms with Crippen LogP contribution in [-0.4, -0.2) is 40.1 Å². The third-order valence-electron chi connectivity index (χ3n) is 6.05. The fourth-order valence-electron chi connectivity index (χ4n) is 4.12. The van der Waals surface area contributed by atoms with Crippen LogP contribution in [0.2, 0.25) is 0 Å². The number of hydrogen-bond acceptors (Lipinski definition) is 7. The van der Waals surface area contributed by atoms with Crippen molar-refractivity contribution in [3.63, 3.8) is 0 Å². The molecule has 0 saturated heterocycles. The minimum atomic E-state index is -2.12. The summed E-state index contributed by atoms with van der Waals surface area (Å²) >= 11 is 10.8. The van der Waals surface area contributed by atoms with Crippen molar-refractivity contribution in [2.75, 3.05) is 13.3 Å². The number of pyridine rings is 1. The van der Waals surface area contributed by atoms with E-state index in [2.05, 4.69) is 109 Å². The fraction of sp³-hybridized carbons (Fsp3) is 0.100. The van der Waals surface area contributed by atoms with Gasteiger partial charge in [0.15, 0.2) is 0 Å². The molecule has 0 aliphatic carbocycles. The van der Waals surface area contributed by atoms with Crippen LogP contribution in [0, 0.1) is 0 Å². The zero-order chi connectivity index (χ0) is 28.2. The van der Waals surface area contributed by atoms with Crippen molar-refractivity contribution in [1.82, 2.24) is 15.6 Å². The molecule has 4 aromatic rings. The molecular weight excluding hydrogens is 617 g/mol. The number of nitrogens with one attached hydrogen (secondary N) is 2. The normalized spacial score (nSPS) is 12.8. The molecule has 2 N–H and O–H groups in total. The molecule has 0 spiro atoms. The van der Waals surface area contributed by atoms with Gasteiger partial charge in [0.1, 0.15) is 35.2 Å². The van der Waals surface area contributed by atoms with Gasteiger partial charge in [0.2, 0.25) is 0 Å². The number of hydrogen-bond donors (Lipinski definition) is 2. The molecule has 0 saturated carbocycles. The van der Waals surface area contributed by atoms with E-state index in [1.54, 1.807) is 20.2 Å². The molecule has 7 nitrogen and oxygen atoms in total. The molecule has 1 radical (unpaired) electrons. The first-order valence-corrected chi connectivity index (χ1v) is 15.3. The second-order valence-electron chi connectivity index (χ2n) is 8.56.